The monoisotopic (exact) mass is 527 g/mol. The van der Waals surface area contributed by atoms with E-state index in [9.17, 15) is 26.4 Å². The van der Waals surface area contributed by atoms with Crippen LogP contribution in [0.5, 0.6) is 0 Å². The molecule has 2 saturated carbocycles. The third-order valence-corrected chi connectivity index (χ3v) is 10.3. The molecule has 1 saturated heterocycles. The number of sulfone groups is 1. The zero-order valence-electron chi connectivity index (χ0n) is 19.1. The first kappa shape index (κ1) is 24.5. The number of halogens is 3. The van der Waals surface area contributed by atoms with Gasteiger partial charge in [-0.15, -0.1) is 11.3 Å². The van der Waals surface area contributed by atoms with E-state index in [1.807, 2.05) is 29.2 Å². The van der Waals surface area contributed by atoms with Crippen LogP contribution in [0.2, 0.25) is 0 Å². The molecule has 190 valence electrons. The Morgan fingerprint density at radius 3 is 2.37 bits per heavy atom. The summed E-state index contributed by atoms with van der Waals surface area (Å²) in [4.78, 5) is 19.8. The fourth-order valence-electron chi connectivity index (χ4n) is 5.37. The molecule has 3 fully saturated rings. The van der Waals surface area contributed by atoms with E-state index in [4.69, 9.17) is 10.7 Å². The van der Waals surface area contributed by atoms with Crippen LogP contribution in [0.25, 0.3) is 10.4 Å². The van der Waals surface area contributed by atoms with E-state index in [-0.39, 0.29) is 42.6 Å². The number of benzene rings is 1. The molecule has 0 spiro atoms. The summed E-state index contributed by atoms with van der Waals surface area (Å²) in [6.07, 6.45) is -0.807. The number of alkyl halides is 3. The maximum absolute atomic E-state index is 14.1. The maximum atomic E-state index is 14.1. The predicted octanol–water partition coefficient (Wildman–Crippen LogP) is 4.26. The molecule has 2 aromatic rings. The van der Waals surface area contributed by atoms with Crippen LogP contribution < -0.4 is 10.6 Å². The van der Waals surface area contributed by atoms with Crippen LogP contribution in [-0.4, -0.2) is 56.0 Å². The average molecular weight is 528 g/mol. The van der Waals surface area contributed by atoms with E-state index in [1.165, 1.54) is 11.3 Å². The zero-order chi connectivity index (χ0) is 25.0. The lowest BCUT2D eigenvalue weighted by atomic mass is 9.75. The van der Waals surface area contributed by atoms with Crippen molar-refractivity contribution in [2.45, 2.75) is 56.0 Å². The first-order valence-corrected chi connectivity index (χ1v) is 14.5. The van der Waals surface area contributed by atoms with Crippen molar-refractivity contribution < 1.29 is 26.4 Å². The Bertz CT molecular complexity index is 1190. The number of primary amides is 1. The molecule has 2 heterocycles. The second-order valence-corrected chi connectivity index (χ2v) is 13.3. The molecule has 5 rings (SSSR count). The van der Waals surface area contributed by atoms with Crippen molar-refractivity contribution in [1.82, 2.24) is 4.98 Å². The number of amides is 1. The van der Waals surface area contributed by atoms with E-state index in [1.54, 1.807) is 0 Å². The standard InChI is InChI=1S/C24H28F3N3O3S2/c25-16-3-6-18(19(11-16)22(28)31)20-21(34-23(29-20)15-12-24(26,27)13-15)14-1-4-17(5-2-14)30-7-9-35(32,33)10-8-30/h1-2,4-5,15-16,18-19H,3,6-13H2,(H2,28,31)/t16-,18+,19+/m0/s1. The van der Waals surface area contributed by atoms with Gasteiger partial charge in [-0.05, 0) is 37.0 Å². The highest BCUT2D eigenvalue weighted by molar-refractivity contribution is 7.91. The van der Waals surface area contributed by atoms with E-state index in [2.05, 4.69) is 0 Å². The van der Waals surface area contributed by atoms with Crippen LogP contribution in [0.15, 0.2) is 24.3 Å². The predicted molar refractivity (Wildman–Crippen MR) is 130 cm³/mol. The van der Waals surface area contributed by atoms with E-state index < -0.39 is 33.8 Å². The van der Waals surface area contributed by atoms with Gasteiger partial charge in [-0.1, -0.05) is 12.1 Å². The summed E-state index contributed by atoms with van der Waals surface area (Å²) in [5.41, 5.74) is 8.02. The van der Waals surface area contributed by atoms with E-state index in [0.717, 1.165) is 16.1 Å². The van der Waals surface area contributed by atoms with Crippen LogP contribution in [0, 0.1) is 5.92 Å². The van der Waals surface area contributed by atoms with Gasteiger partial charge in [-0.3, -0.25) is 4.79 Å². The number of anilines is 1. The fourth-order valence-corrected chi connectivity index (χ4v) is 7.82. The summed E-state index contributed by atoms with van der Waals surface area (Å²) in [5, 5.41) is 0.622. The van der Waals surface area contributed by atoms with Crippen LogP contribution >= 0.6 is 11.3 Å². The number of carbonyl (C=O) groups is 1. The van der Waals surface area contributed by atoms with Crippen LogP contribution in [0.3, 0.4) is 0 Å². The van der Waals surface area contributed by atoms with Crippen molar-refractivity contribution in [3.63, 3.8) is 0 Å². The molecular weight excluding hydrogens is 499 g/mol. The van der Waals surface area contributed by atoms with Gasteiger partial charge in [0.25, 0.3) is 0 Å². The third-order valence-electron chi connectivity index (χ3n) is 7.45. The molecule has 1 amide bonds. The second kappa shape index (κ2) is 9.06. The largest absolute Gasteiger partial charge is 0.369 e. The van der Waals surface area contributed by atoms with Crippen molar-refractivity contribution >= 4 is 32.8 Å². The Labute approximate surface area is 206 Å². The Balaban J connectivity index is 1.46. The number of rotatable bonds is 5. The minimum absolute atomic E-state index is 0.0462. The third kappa shape index (κ3) is 5.07. The highest BCUT2D eigenvalue weighted by Crippen LogP contribution is 2.52. The first-order chi connectivity index (χ1) is 16.5. The van der Waals surface area contributed by atoms with Gasteiger partial charge in [0.1, 0.15) is 6.17 Å². The summed E-state index contributed by atoms with van der Waals surface area (Å²) in [6, 6.07) is 7.65. The molecule has 0 unspecified atom stereocenters. The molecule has 3 atom stereocenters. The molecule has 1 aromatic heterocycles. The number of carbonyl (C=O) groups excluding carboxylic acids is 1. The van der Waals surface area contributed by atoms with E-state index in [0.29, 0.717) is 36.6 Å². The number of hydrogen-bond acceptors (Lipinski definition) is 6. The summed E-state index contributed by atoms with van der Waals surface area (Å²) < 4.78 is 64.7. The zero-order valence-corrected chi connectivity index (χ0v) is 20.8. The molecule has 1 aliphatic heterocycles. The Kier molecular flexibility index (Phi) is 6.36. The molecule has 3 aliphatic rings. The Morgan fingerprint density at radius 2 is 1.77 bits per heavy atom. The van der Waals surface area contributed by atoms with Gasteiger partial charge in [0.15, 0.2) is 9.84 Å². The lowest BCUT2D eigenvalue weighted by Gasteiger charge is -2.33. The van der Waals surface area contributed by atoms with Crippen LogP contribution in [-0.2, 0) is 14.6 Å². The molecule has 1 aromatic carbocycles. The molecule has 6 nitrogen and oxygen atoms in total. The molecule has 0 bridgehead atoms. The van der Waals surface area contributed by atoms with E-state index >= 15 is 0 Å². The van der Waals surface area contributed by atoms with Crippen LogP contribution in [0.1, 0.15) is 54.6 Å². The summed E-state index contributed by atoms with van der Waals surface area (Å²) in [7, 11) is -2.99. The SMILES string of the molecule is NC(=O)[C@@H]1C[C@@H](F)CC[C@H]1c1nc(C2CC(F)(F)C2)sc1-c1ccc(N2CCS(=O)(=O)CC2)cc1. The van der Waals surface area contributed by atoms with Gasteiger partial charge < -0.3 is 10.6 Å². The number of nitrogens with zero attached hydrogens (tertiary/aromatic N) is 2. The van der Waals surface area contributed by atoms with Crippen molar-refractivity contribution in [1.29, 1.82) is 0 Å². The summed E-state index contributed by atoms with van der Waals surface area (Å²) >= 11 is 1.36. The minimum Gasteiger partial charge on any atom is -0.369 e. The second-order valence-electron chi connectivity index (χ2n) is 9.94. The highest BCUT2D eigenvalue weighted by Gasteiger charge is 2.48. The number of hydrogen-bond donors (Lipinski definition) is 1. The van der Waals surface area contributed by atoms with Crippen LogP contribution in [0.4, 0.5) is 18.9 Å². The summed E-state index contributed by atoms with van der Waals surface area (Å²) in [5.74, 6) is -4.38. The summed E-state index contributed by atoms with van der Waals surface area (Å²) in [6.45, 7) is 0.862. The molecule has 2 aliphatic carbocycles. The van der Waals surface area contributed by atoms with Gasteiger partial charge in [-0.25, -0.2) is 26.6 Å². The van der Waals surface area contributed by atoms with Crippen molar-refractivity contribution in [3.8, 4) is 10.4 Å². The molecular formula is C24H28F3N3O3S2. The Morgan fingerprint density at radius 1 is 1.11 bits per heavy atom. The van der Waals surface area contributed by atoms with Gasteiger partial charge in [-0.2, -0.15) is 0 Å². The molecule has 0 radical (unpaired) electrons. The lowest BCUT2D eigenvalue weighted by molar-refractivity contribution is -0.124. The normalized spacial score (nSPS) is 28.4. The van der Waals surface area contributed by atoms with Crippen molar-refractivity contribution in [2.75, 3.05) is 29.5 Å². The molecule has 2 N–H and O–H groups in total. The number of nitrogens with two attached hydrogens (primary N) is 1. The van der Waals surface area contributed by atoms with Crippen molar-refractivity contribution in [2.24, 2.45) is 11.7 Å². The average Bonchev–Trinajstić information content (AvgIpc) is 3.22. The fraction of sp³-hybridized carbons (Fsp3) is 0.583. The maximum Gasteiger partial charge on any atom is 0.249 e. The number of thiazole rings is 1. The number of aromatic nitrogens is 1. The minimum atomic E-state index is -2.99. The highest BCUT2D eigenvalue weighted by atomic mass is 32.2. The van der Waals surface area contributed by atoms with Gasteiger partial charge in [0, 0.05) is 49.4 Å². The topological polar surface area (TPSA) is 93.4 Å². The van der Waals surface area contributed by atoms with Gasteiger partial charge >= 0.3 is 0 Å². The smallest absolute Gasteiger partial charge is 0.249 e. The Hall–Kier alpha value is -2.14. The lowest BCUT2D eigenvalue weighted by Crippen LogP contribution is -2.40. The first-order valence-electron chi connectivity index (χ1n) is 11.9. The molecule has 35 heavy (non-hydrogen) atoms. The quantitative estimate of drug-likeness (QED) is 0.627. The van der Waals surface area contributed by atoms with Gasteiger partial charge in [0.2, 0.25) is 11.8 Å². The van der Waals surface area contributed by atoms with Gasteiger partial charge in [0.05, 0.1) is 27.1 Å². The van der Waals surface area contributed by atoms with Crippen molar-refractivity contribution in [3.05, 3.63) is 35.0 Å². The molecule has 11 heteroatoms.